The molecule has 2 aliphatic heterocycles. The molecule has 0 aromatic heterocycles. The molecule has 0 amide bonds. The zero-order valence-electron chi connectivity index (χ0n) is 16.0. The van der Waals surface area contributed by atoms with Gasteiger partial charge in [-0.3, -0.25) is 20.0 Å². The van der Waals surface area contributed by atoms with Crippen LogP contribution >= 0.6 is 11.8 Å². The molecule has 0 unspecified atom stereocenters. The lowest BCUT2D eigenvalue weighted by Gasteiger charge is -2.41. The van der Waals surface area contributed by atoms with Crippen molar-refractivity contribution >= 4 is 22.6 Å². The van der Waals surface area contributed by atoms with Gasteiger partial charge in [0.05, 0.1) is 21.9 Å². The topological polar surface area (TPSA) is 62.0 Å². The zero-order chi connectivity index (χ0) is 20.6. The largest absolute Gasteiger partial charge is 0.416 e. The van der Waals surface area contributed by atoms with Crippen LogP contribution in [0.3, 0.4) is 0 Å². The Labute approximate surface area is 171 Å². The van der Waals surface area contributed by atoms with E-state index in [4.69, 9.17) is 0 Å². The Balaban J connectivity index is 1.48. The van der Waals surface area contributed by atoms with Gasteiger partial charge < -0.3 is 4.90 Å². The summed E-state index contributed by atoms with van der Waals surface area (Å²) in [6.07, 6.45) is 1.76. The second kappa shape index (κ2) is 8.14. The van der Waals surface area contributed by atoms with Crippen LogP contribution in [0.15, 0.2) is 22.0 Å². The summed E-state index contributed by atoms with van der Waals surface area (Å²) in [6.45, 7) is 3.45. The third-order valence-corrected chi connectivity index (χ3v) is 7.17. The van der Waals surface area contributed by atoms with E-state index in [0.717, 1.165) is 44.0 Å². The SMILES string of the molecule is O=[N+]([O-])c1cc(C(F)(F)F)cc2c1SC(N1CCN(C3CCCCC3)CC1)=NC2. The second-order valence-electron chi connectivity index (χ2n) is 7.75. The number of alkyl halides is 3. The van der Waals surface area contributed by atoms with Gasteiger partial charge in [0.25, 0.3) is 5.69 Å². The molecule has 158 valence electrons. The average Bonchev–Trinajstić information content (AvgIpc) is 2.72. The summed E-state index contributed by atoms with van der Waals surface area (Å²) < 4.78 is 39.2. The van der Waals surface area contributed by atoms with Gasteiger partial charge in [-0.25, -0.2) is 0 Å². The molecule has 10 heteroatoms. The van der Waals surface area contributed by atoms with Gasteiger partial charge >= 0.3 is 6.18 Å². The van der Waals surface area contributed by atoms with Crippen molar-refractivity contribution in [3.8, 4) is 0 Å². The summed E-state index contributed by atoms with van der Waals surface area (Å²) in [5.41, 5.74) is -1.22. The monoisotopic (exact) mass is 428 g/mol. The number of benzene rings is 1. The minimum Gasteiger partial charge on any atom is -0.349 e. The highest BCUT2D eigenvalue weighted by molar-refractivity contribution is 8.14. The number of aliphatic imine (C=N–C) groups is 1. The number of nitrogens with zero attached hydrogens (tertiary/aromatic N) is 4. The molecule has 0 atom stereocenters. The van der Waals surface area contributed by atoms with Gasteiger partial charge in [-0.15, -0.1) is 0 Å². The molecule has 3 aliphatic rings. The smallest absolute Gasteiger partial charge is 0.349 e. The molecule has 2 fully saturated rings. The molecule has 6 nitrogen and oxygen atoms in total. The van der Waals surface area contributed by atoms with Crippen molar-refractivity contribution in [2.45, 2.75) is 55.8 Å². The molecular formula is C19H23F3N4O2S. The maximum atomic E-state index is 13.1. The highest BCUT2D eigenvalue weighted by Crippen LogP contribution is 2.42. The van der Waals surface area contributed by atoms with Gasteiger partial charge in [0.2, 0.25) is 0 Å². The van der Waals surface area contributed by atoms with Crippen LogP contribution in [0, 0.1) is 10.1 Å². The van der Waals surface area contributed by atoms with Gasteiger partial charge in [0.15, 0.2) is 5.17 Å². The normalized spacial score (nSPS) is 21.6. The molecule has 2 heterocycles. The fourth-order valence-electron chi connectivity index (χ4n) is 4.37. The van der Waals surface area contributed by atoms with Crippen LogP contribution < -0.4 is 0 Å². The molecule has 1 aromatic rings. The number of rotatable bonds is 2. The number of piperazine rings is 1. The molecular weight excluding hydrogens is 405 g/mol. The molecule has 0 radical (unpaired) electrons. The lowest BCUT2D eigenvalue weighted by molar-refractivity contribution is -0.388. The number of nitro benzene ring substituents is 1. The van der Waals surface area contributed by atoms with Gasteiger partial charge in [-0.05, 0) is 36.2 Å². The van der Waals surface area contributed by atoms with Gasteiger partial charge in [-0.2, -0.15) is 13.2 Å². The molecule has 4 rings (SSSR count). The predicted octanol–water partition coefficient (Wildman–Crippen LogP) is 4.53. The molecule has 1 saturated heterocycles. The number of amidine groups is 1. The van der Waals surface area contributed by atoms with Crippen LogP contribution in [-0.4, -0.2) is 52.1 Å². The first-order valence-corrected chi connectivity index (χ1v) is 10.7. The highest BCUT2D eigenvalue weighted by atomic mass is 32.2. The van der Waals surface area contributed by atoms with E-state index in [1.54, 1.807) is 0 Å². The van der Waals surface area contributed by atoms with Crippen LogP contribution in [0.4, 0.5) is 18.9 Å². The minimum absolute atomic E-state index is 0.0330. The Morgan fingerprint density at radius 3 is 2.41 bits per heavy atom. The molecule has 1 saturated carbocycles. The summed E-state index contributed by atoms with van der Waals surface area (Å²) in [5.74, 6) is 0. The van der Waals surface area contributed by atoms with Crippen molar-refractivity contribution < 1.29 is 18.1 Å². The third-order valence-electron chi connectivity index (χ3n) is 5.92. The number of hydrogen-bond donors (Lipinski definition) is 0. The maximum absolute atomic E-state index is 13.1. The van der Waals surface area contributed by atoms with Gasteiger partial charge in [0.1, 0.15) is 0 Å². The maximum Gasteiger partial charge on any atom is 0.416 e. The first-order valence-electron chi connectivity index (χ1n) is 9.93. The third kappa shape index (κ3) is 4.37. The fourth-order valence-corrected chi connectivity index (χ4v) is 5.49. The van der Waals surface area contributed by atoms with Crippen molar-refractivity contribution in [1.82, 2.24) is 9.80 Å². The van der Waals surface area contributed by atoms with Gasteiger partial charge in [0, 0.05) is 38.3 Å². The van der Waals surface area contributed by atoms with Crippen LogP contribution in [0.1, 0.15) is 43.2 Å². The van der Waals surface area contributed by atoms with E-state index in [1.807, 2.05) is 0 Å². The van der Waals surface area contributed by atoms with Crippen LogP contribution in [0.5, 0.6) is 0 Å². The van der Waals surface area contributed by atoms with Crippen molar-refractivity contribution in [3.05, 3.63) is 33.4 Å². The predicted molar refractivity (Wildman–Crippen MR) is 105 cm³/mol. The molecule has 0 spiro atoms. The zero-order valence-corrected chi connectivity index (χ0v) is 16.8. The quantitative estimate of drug-likeness (QED) is 0.512. The summed E-state index contributed by atoms with van der Waals surface area (Å²) >= 11 is 1.12. The highest BCUT2D eigenvalue weighted by Gasteiger charge is 2.36. The molecule has 0 bridgehead atoms. The number of nitro groups is 1. The van der Waals surface area contributed by atoms with E-state index >= 15 is 0 Å². The first kappa shape index (κ1) is 20.5. The van der Waals surface area contributed by atoms with Crippen molar-refractivity contribution in [3.63, 3.8) is 0 Å². The molecule has 1 aromatic carbocycles. The molecule has 29 heavy (non-hydrogen) atoms. The van der Waals surface area contributed by atoms with Gasteiger partial charge in [-0.1, -0.05) is 19.3 Å². The Morgan fingerprint density at radius 1 is 1.10 bits per heavy atom. The van der Waals surface area contributed by atoms with Crippen LogP contribution in [0.25, 0.3) is 0 Å². The van der Waals surface area contributed by atoms with Crippen molar-refractivity contribution in [2.24, 2.45) is 4.99 Å². The van der Waals surface area contributed by atoms with E-state index in [0.29, 0.717) is 17.3 Å². The number of halogens is 3. The summed E-state index contributed by atoms with van der Waals surface area (Å²) in [5, 5.41) is 12.1. The second-order valence-corrected chi connectivity index (χ2v) is 8.73. The first-order chi connectivity index (χ1) is 13.8. The average molecular weight is 428 g/mol. The number of fused-ring (bicyclic) bond motifs is 1. The summed E-state index contributed by atoms with van der Waals surface area (Å²) in [4.78, 5) is 20.0. The summed E-state index contributed by atoms with van der Waals surface area (Å²) in [7, 11) is 0. The van der Waals surface area contributed by atoms with E-state index in [9.17, 15) is 23.3 Å². The van der Waals surface area contributed by atoms with Crippen LogP contribution in [0.2, 0.25) is 0 Å². The summed E-state index contributed by atoms with van der Waals surface area (Å²) in [6, 6.07) is 2.27. The minimum atomic E-state index is -4.62. The van der Waals surface area contributed by atoms with Crippen molar-refractivity contribution in [2.75, 3.05) is 26.2 Å². The van der Waals surface area contributed by atoms with E-state index < -0.39 is 22.4 Å². The molecule has 0 N–H and O–H groups in total. The van der Waals surface area contributed by atoms with E-state index in [2.05, 4.69) is 14.8 Å². The standard InChI is InChI=1S/C19H23F3N4O2S/c20-19(21,22)14-10-13-12-23-18(29-17(13)16(11-14)26(27)28)25-8-6-24(7-9-25)15-4-2-1-3-5-15/h10-11,15H,1-9,12H2. The molecule has 1 aliphatic carbocycles. The Morgan fingerprint density at radius 2 is 1.79 bits per heavy atom. The number of thioether (sulfide) groups is 1. The lowest BCUT2D eigenvalue weighted by atomic mass is 9.94. The Bertz CT molecular complexity index is 816. The van der Waals surface area contributed by atoms with Crippen LogP contribution in [-0.2, 0) is 12.7 Å². The number of hydrogen-bond acceptors (Lipinski definition) is 6. The van der Waals surface area contributed by atoms with E-state index in [1.165, 1.54) is 32.1 Å². The Hall–Kier alpha value is -1.81. The van der Waals surface area contributed by atoms with Crippen molar-refractivity contribution in [1.29, 1.82) is 0 Å². The lowest BCUT2D eigenvalue weighted by Crippen LogP contribution is -2.52. The fraction of sp³-hybridized carbons (Fsp3) is 0.632. The van der Waals surface area contributed by atoms with E-state index in [-0.39, 0.29) is 17.0 Å². The Kier molecular flexibility index (Phi) is 5.74.